The molecule has 0 unspecified atom stereocenters. The standard InChI is InChI=1S/C20H24N2O2/c23-20(17-10-13-24-15-17)22-12-5-9-19(22)18-8-4-11-21(18)14-16-6-2-1-3-7-16/h1-3,6-7,10,13,15,18-19H,4-5,8-9,11-12,14H2/t18-,19-/m0/s1. The number of nitrogens with zero attached hydrogens (tertiary/aromatic N) is 2. The highest BCUT2D eigenvalue weighted by atomic mass is 16.3. The molecule has 24 heavy (non-hydrogen) atoms. The topological polar surface area (TPSA) is 36.7 Å². The van der Waals surface area contributed by atoms with Crippen LogP contribution in [0.2, 0.25) is 0 Å². The van der Waals surface area contributed by atoms with E-state index in [-0.39, 0.29) is 5.91 Å². The first-order chi connectivity index (χ1) is 11.8. The molecule has 1 aromatic heterocycles. The molecule has 0 radical (unpaired) electrons. The number of carbonyl (C=O) groups is 1. The minimum Gasteiger partial charge on any atom is -0.472 e. The van der Waals surface area contributed by atoms with Crippen molar-refractivity contribution in [3.63, 3.8) is 0 Å². The summed E-state index contributed by atoms with van der Waals surface area (Å²) in [7, 11) is 0. The normalized spacial score (nSPS) is 24.6. The Kier molecular flexibility index (Phi) is 4.39. The molecule has 0 aliphatic carbocycles. The predicted octanol–water partition coefficient (Wildman–Crippen LogP) is 3.55. The van der Waals surface area contributed by atoms with E-state index in [1.165, 1.54) is 18.4 Å². The fourth-order valence-electron chi connectivity index (χ4n) is 4.30. The Labute approximate surface area is 143 Å². The lowest BCUT2D eigenvalue weighted by Crippen LogP contribution is -2.48. The molecule has 2 atom stereocenters. The van der Waals surface area contributed by atoms with Crippen molar-refractivity contribution in [2.45, 2.75) is 44.3 Å². The molecular formula is C20H24N2O2. The van der Waals surface area contributed by atoms with Crippen molar-refractivity contribution in [1.82, 2.24) is 9.80 Å². The van der Waals surface area contributed by atoms with Crippen molar-refractivity contribution >= 4 is 5.91 Å². The highest BCUT2D eigenvalue weighted by molar-refractivity contribution is 5.94. The summed E-state index contributed by atoms with van der Waals surface area (Å²) in [4.78, 5) is 17.4. The van der Waals surface area contributed by atoms with Gasteiger partial charge in [0.15, 0.2) is 0 Å². The Morgan fingerprint density at radius 2 is 1.83 bits per heavy atom. The molecule has 3 heterocycles. The van der Waals surface area contributed by atoms with Crippen LogP contribution in [0.4, 0.5) is 0 Å². The highest BCUT2D eigenvalue weighted by Crippen LogP contribution is 2.32. The maximum absolute atomic E-state index is 12.8. The zero-order valence-corrected chi connectivity index (χ0v) is 13.9. The van der Waals surface area contributed by atoms with E-state index in [0.717, 1.165) is 32.5 Å². The van der Waals surface area contributed by atoms with E-state index in [1.807, 2.05) is 0 Å². The average Bonchev–Trinajstić information content (AvgIpc) is 3.36. The van der Waals surface area contributed by atoms with Gasteiger partial charge in [0.05, 0.1) is 11.8 Å². The molecule has 2 aromatic rings. The Balaban J connectivity index is 1.49. The number of hydrogen-bond donors (Lipinski definition) is 0. The maximum atomic E-state index is 12.8. The lowest BCUT2D eigenvalue weighted by molar-refractivity contribution is 0.0638. The van der Waals surface area contributed by atoms with E-state index in [2.05, 4.69) is 40.1 Å². The number of furan rings is 1. The van der Waals surface area contributed by atoms with E-state index >= 15 is 0 Å². The van der Waals surface area contributed by atoms with Crippen molar-refractivity contribution < 1.29 is 9.21 Å². The minimum absolute atomic E-state index is 0.123. The molecule has 2 aliphatic rings. The number of rotatable bonds is 4. The zero-order chi connectivity index (χ0) is 16.4. The Bertz CT molecular complexity index is 668. The first kappa shape index (κ1) is 15.5. The summed E-state index contributed by atoms with van der Waals surface area (Å²) in [6, 6.07) is 13.2. The lowest BCUT2D eigenvalue weighted by Gasteiger charge is -2.35. The van der Waals surface area contributed by atoms with Crippen molar-refractivity contribution in [3.05, 3.63) is 60.1 Å². The Morgan fingerprint density at radius 1 is 1.04 bits per heavy atom. The summed E-state index contributed by atoms with van der Waals surface area (Å²) in [6.45, 7) is 2.98. The number of hydrogen-bond acceptors (Lipinski definition) is 3. The van der Waals surface area contributed by atoms with Gasteiger partial charge in [-0.05, 0) is 43.9 Å². The van der Waals surface area contributed by atoms with Gasteiger partial charge >= 0.3 is 0 Å². The van der Waals surface area contributed by atoms with E-state index in [4.69, 9.17) is 4.42 Å². The first-order valence-electron chi connectivity index (χ1n) is 8.94. The lowest BCUT2D eigenvalue weighted by atomic mass is 10.0. The van der Waals surface area contributed by atoms with Crippen LogP contribution in [0.5, 0.6) is 0 Å². The summed E-state index contributed by atoms with van der Waals surface area (Å²) in [5, 5.41) is 0. The number of likely N-dealkylation sites (tertiary alicyclic amines) is 2. The molecule has 4 heteroatoms. The zero-order valence-electron chi connectivity index (χ0n) is 13.9. The predicted molar refractivity (Wildman–Crippen MR) is 92.6 cm³/mol. The molecule has 1 amide bonds. The van der Waals surface area contributed by atoms with Crippen molar-refractivity contribution in [2.24, 2.45) is 0 Å². The van der Waals surface area contributed by atoms with Crippen LogP contribution in [0.1, 0.15) is 41.6 Å². The van der Waals surface area contributed by atoms with Crippen molar-refractivity contribution in [1.29, 1.82) is 0 Å². The molecule has 0 saturated carbocycles. The molecule has 2 fully saturated rings. The largest absolute Gasteiger partial charge is 0.472 e. The average molecular weight is 324 g/mol. The summed E-state index contributed by atoms with van der Waals surface area (Å²) >= 11 is 0. The summed E-state index contributed by atoms with van der Waals surface area (Å²) in [6.07, 6.45) is 7.77. The summed E-state index contributed by atoms with van der Waals surface area (Å²) in [5.74, 6) is 0.123. The van der Waals surface area contributed by atoms with Crippen LogP contribution in [-0.4, -0.2) is 40.9 Å². The third-order valence-corrected chi connectivity index (χ3v) is 5.42. The molecule has 0 bridgehead atoms. The van der Waals surface area contributed by atoms with Crippen LogP contribution < -0.4 is 0 Å². The second-order valence-corrected chi connectivity index (χ2v) is 6.89. The van der Waals surface area contributed by atoms with Gasteiger partial charge in [0, 0.05) is 25.2 Å². The van der Waals surface area contributed by atoms with Crippen LogP contribution in [0.15, 0.2) is 53.3 Å². The van der Waals surface area contributed by atoms with Gasteiger partial charge in [-0.15, -0.1) is 0 Å². The van der Waals surface area contributed by atoms with Crippen molar-refractivity contribution in [3.8, 4) is 0 Å². The second kappa shape index (κ2) is 6.81. The quantitative estimate of drug-likeness (QED) is 0.863. The number of carbonyl (C=O) groups excluding carboxylic acids is 1. The molecule has 2 saturated heterocycles. The van der Waals surface area contributed by atoms with Crippen LogP contribution in [-0.2, 0) is 6.54 Å². The fourth-order valence-corrected chi connectivity index (χ4v) is 4.30. The number of benzene rings is 1. The van der Waals surface area contributed by atoms with Gasteiger partial charge in [0.1, 0.15) is 6.26 Å². The van der Waals surface area contributed by atoms with Crippen LogP contribution in [0.3, 0.4) is 0 Å². The van der Waals surface area contributed by atoms with E-state index < -0.39 is 0 Å². The fraction of sp³-hybridized carbons (Fsp3) is 0.450. The maximum Gasteiger partial charge on any atom is 0.257 e. The summed E-state index contributed by atoms with van der Waals surface area (Å²) < 4.78 is 5.10. The molecule has 4 nitrogen and oxygen atoms in total. The molecule has 126 valence electrons. The molecule has 1 aromatic carbocycles. The smallest absolute Gasteiger partial charge is 0.257 e. The van der Waals surface area contributed by atoms with Crippen LogP contribution in [0.25, 0.3) is 0 Å². The monoisotopic (exact) mass is 324 g/mol. The number of amides is 1. The van der Waals surface area contributed by atoms with E-state index in [9.17, 15) is 4.79 Å². The Hall–Kier alpha value is -2.07. The van der Waals surface area contributed by atoms with Gasteiger partial charge in [-0.2, -0.15) is 0 Å². The van der Waals surface area contributed by atoms with Crippen molar-refractivity contribution in [2.75, 3.05) is 13.1 Å². The minimum atomic E-state index is 0.123. The van der Waals surface area contributed by atoms with Gasteiger partial charge in [0.25, 0.3) is 5.91 Å². The molecule has 4 rings (SSSR count). The molecule has 0 N–H and O–H groups in total. The second-order valence-electron chi connectivity index (χ2n) is 6.89. The van der Waals surface area contributed by atoms with Gasteiger partial charge in [0.2, 0.25) is 0 Å². The van der Waals surface area contributed by atoms with Gasteiger partial charge in [-0.1, -0.05) is 30.3 Å². The van der Waals surface area contributed by atoms with E-state index in [1.54, 1.807) is 18.6 Å². The van der Waals surface area contributed by atoms with Gasteiger partial charge < -0.3 is 9.32 Å². The van der Waals surface area contributed by atoms with Crippen LogP contribution in [0, 0.1) is 0 Å². The Morgan fingerprint density at radius 3 is 2.62 bits per heavy atom. The molecular weight excluding hydrogens is 300 g/mol. The molecule has 0 spiro atoms. The third-order valence-electron chi connectivity index (χ3n) is 5.42. The SMILES string of the molecule is O=C(c1ccoc1)N1CCC[C@H]1[C@@H]1CCCN1Cc1ccccc1. The third kappa shape index (κ3) is 2.98. The first-order valence-corrected chi connectivity index (χ1v) is 8.94. The highest BCUT2D eigenvalue weighted by Gasteiger charge is 2.39. The van der Waals surface area contributed by atoms with Crippen LogP contribution >= 0.6 is 0 Å². The summed E-state index contributed by atoms with van der Waals surface area (Å²) in [5.41, 5.74) is 2.03. The molecule has 2 aliphatic heterocycles. The van der Waals surface area contributed by atoms with E-state index in [0.29, 0.717) is 17.6 Å². The van der Waals surface area contributed by atoms with Gasteiger partial charge in [-0.3, -0.25) is 9.69 Å². The van der Waals surface area contributed by atoms with Gasteiger partial charge in [-0.25, -0.2) is 0 Å².